The first-order valence-corrected chi connectivity index (χ1v) is 7.87. The van der Waals surface area contributed by atoms with Gasteiger partial charge in [0.25, 0.3) is 0 Å². The molecule has 112 valence electrons. The second-order valence-electron chi connectivity index (χ2n) is 5.58. The molecule has 1 aromatic carbocycles. The molecule has 1 aliphatic rings. The number of nitrogens with zero attached hydrogens (tertiary/aromatic N) is 4. The van der Waals surface area contributed by atoms with Crippen molar-refractivity contribution in [2.45, 2.75) is 30.8 Å². The Kier molecular flexibility index (Phi) is 3.42. The Morgan fingerprint density at radius 1 is 1.23 bits per heavy atom. The van der Waals surface area contributed by atoms with Crippen LogP contribution < -0.4 is 5.32 Å². The van der Waals surface area contributed by atoms with Crippen molar-refractivity contribution in [3.63, 3.8) is 0 Å². The molecule has 0 aliphatic heterocycles. The van der Waals surface area contributed by atoms with E-state index in [1.807, 2.05) is 41.2 Å². The number of fused-ring (bicyclic) bond motifs is 1. The second kappa shape index (κ2) is 5.57. The topological polar surface area (TPSA) is 55.6 Å². The molecule has 1 atom stereocenters. The zero-order chi connectivity index (χ0) is 14.9. The molecular weight excluding hydrogens is 298 g/mol. The normalized spacial score (nSPS) is 15.9. The number of anilines is 1. The van der Waals surface area contributed by atoms with Gasteiger partial charge in [0.1, 0.15) is 12.1 Å². The van der Waals surface area contributed by atoms with E-state index in [0.717, 1.165) is 22.4 Å². The summed E-state index contributed by atoms with van der Waals surface area (Å²) in [6, 6.07) is 10.6. The van der Waals surface area contributed by atoms with Crippen molar-refractivity contribution in [3.8, 4) is 0 Å². The molecule has 1 fully saturated rings. The number of aromatic nitrogens is 4. The highest BCUT2D eigenvalue weighted by Gasteiger charge is 2.23. The van der Waals surface area contributed by atoms with Crippen molar-refractivity contribution in [1.82, 2.24) is 19.7 Å². The Morgan fingerprint density at radius 3 is 2.82 bits per heavy atom. The minimum Gasteiger partial charge on any atom is -0.367 e. The van der Waals surface area contributed by atoms with Crippen LogP contribution >= 0.6 is 11.6 Å². The third-order valence-corrected chi connectivity index (χ3v) is 4.24. The van der Waals surface area contributed by atoms with Gasteiger partial charge in [-0.15, -0.1) is 11.6 Å². The Balaban J connectivity index is 1.62. The van der Waals surface area contributed by atoms with Gasteiger partial charge in [-0.1, -0.05) is 30.3 Å². The van der Waals surface area contributed by atoms with Gasteiger partial charge in [-0.25, -0.2) is 14.6 Å². The van der Waals surface area contributed by atoms with Gasteiger partial charge in [-0.2, -0.15) is 5.10 Å². The highest BCUT2D eigenvalue weighted by Crippen LogP contribution is 2.28. The summed E-state index contributed by atoms with van der Waals surface area (Å²) < 4.78 is 1.85. The minimum atomic E-state index is -0.140. The molecule has 2 heterocycles. The van der Waals surface area contributed by atoms with Gasteiger partial charge < -0.3 is 5.32 Å². The summed E-state index contributed by atoms with van der Waals surface area (Å²) in [6.07, 6.45) is 5.81. The molecule has 0 saturated heterocycles. The van der Waals surface area contributed by atoms with Crippen LogP contribution in [0.2, 0.25) is 0 Å². The quantitative estimate of drug-likeness (QED) is 0.734. The molecule has 0 bridgehead atoms. The van der Waals surface area contributed by atoms with E-state index < -0.39 is 0 Å². The van der Waals surface area contributed by atoms with Gasteiger partial charge >= 0.3 is 0 Å². The van der Waals surface area contributed by atoms with E-state index in [4.69, 9.17) is 11.6 Å². The minimum absolute atomic E-state index is 0.140. The lowest BCUT2D eigenvalue weighted by atomic mass is 10.1. The molecule has 6 heteroatoms. The maximum absolute atomic E-state index is 6.51. The number of hydrogen-bond donors (Lipinski definition) is 1. The van der Waals surface area contributed by atoms with Crippen molar-refractivity contribution in [2.24, 2.45) is 0 Å². The van der Waals surface area contributed by atoms with E-state index >= 15 is 0 Å². The molecule has 22 heavy (non-hydrogen) atoms. The maximum atomic E-state index is 6.51. The van der Waals surface area contributed by atoms with Crippen LogP contribution in [0.25, 0.3) is 11.0 Å². The van der Waals surface area contributed by atoms with Crippen molar-refractivity contribution in [1.29, 1.82) is 0 Å². The summed E-state index contributed by atoms with van der Waals surface area (Å²) in [5.74, 6) is 0.865. The number of nitrogens with one attached hydrogen (secondary N) is 1. The van der Waals surface area contributed by atoms with E-state index in [1.54, 1.807) is 6.33 Å². The Labute approximate surface area is 133 Å². The van der Waals surface area contributed by atoms with Gasteiger partial charge in [0.05, 0.1) is 23.5 Å². The van der Waals surface area contributed by atoms with Crippen LogP contribution in [0.5, 0.6) is 0 Å². The molecule has 0 amide bonds. The Hall–Kier alpha value is -2.14. The average Bonchev–Trinajstić information content (AvgIpc) is 3.28. The zero-order valence-electron chi connectivity index (χ0n) is 12.0. The molecule has 2 aromatic heterocycles. The SMILES string of the molecule is ClC(Cn1ncc2c(NC3CC3)ncnc21)c1ccccc1. The van der Waals surface area contributed by atoms with E-state index in [-0.39, 0.29) is 5.38 Å². The zero-order valence-corrected chi connectivity index (χ0v) is 12.7. The number of rotatable bonds is 5. The summed E-state index contributed by atoms with van der Waals surface area (Å²) in [5.41, 5.74) is 1.90. The van der Waals surface area contributed by atoms with Crippen LogP contribution in [-0.4, -0.2) is 25.8 Å². The van der Waals surface area contributed by atoms with Crippen LogP contribution in [0, 0.1) is 0 Å². The average molecular weight is 314 g/mol. The van der Waals surface area contributed by atoms with Crippen LogP contribution in [0.15, 0.2) is 42.9 Å². The molecule has 4 rings (SSSR count). The number of alkyl halides is 1. The first kappa shape index (κ1) is 13.5. The largest absolute Gasteiger partial charge is 0.367 e. The van der Waals surface area contributed by atoms with Crippen molar-refractivity contribution in [3.05, 3.63) is 48.4 Å². The lowest BCUT2D eigenvalue weighted by Gasteiger charge is -2.10. The highest BCUT2D eigenvalue weighted by molar-refractivity contribution is 6.20. The fraction of sp³-hybridized carbons (Fsp3) is 0.312. The number of halogens is 1. The van der Waals surface area contributed by atoms with Gasteiger partial charge in [0, 0.05) is 6.04 Å². The smallest absolute Gasteiger partial charge is 0.163 e. The van der Waals surface area contributed by atoms with Crippen molar-refractivity contribution >= 4 is 28.5 Å². The Bertz CT molecular complexity index is 782. The van der Waals surface area contributed by atoms with Gasteiger partial charge in [0.15, 0.2) is 5.65 Å². The Morgan fingerprint density at radius 2 is 2.05 bits per heavy atom. The molecule has 0 radical (unpaired) electrons. The van der Waals surface area contributed by atoms with Crippen molar-refractivity contribution < 1.29 is 0 Å². The predicted molar refractivity (Wildman–Crippen MR) is 87.0 cm³/mol. The van der Waals surface area contributed by atoms with Crippen LogP contribution in [0.1, 0.15) is 23.8 Å². The first-order chi connectivity index (χ1) is 10.8. The number of benzene rings is 1. The molecule has 5 nitrogen and oxygen atoms in total. The highest BCUT2D eigenvalue weighted by atomic mass is 35.5. The van der Waals surface area contributed by atoms with Crippen molar-refractivity contribution in [2.75, 3.05) is 5.32 Å². The molecule has 0 spiro atoms. The standard InChI is InChI=1S/C16H16ClN5/c17-14(11-4-2-1-3-5-11)9-22-16-13(8-20-22)15(18-10-19-16)21-12-6-7-12/h1-5,8,10,12,14H,6-7,9H2,(H,18,19,21). The van der Waals surface area contributed by atoms with Gasteiger partial charge in [-0.3, -0.25) is 0 Å². The van der Waals surface area contributed by atoms with Crippen LogP contribution in [0.4, 0.5) is 5.82 Å². The fourth-order valence-corrected chi connectivity index (χ4v) is 2.76. The van der Waals surface area contributed by atoms with Gasteiger partial charge in [-0.05, 0) is 18.4 Å². The summed E-state index contributed by atoms with van der Waals surface area (Å²) in [7, 11) is 0. The summed E-state index contributed by atoms with van der Waals surface area (Å²) in [4.78, 5) is 8.70. The number of hydrogen-bond acceptors (Lipinski definition) is 4. The maximum Gasteiger partial charge on any atom is 0.163 e. The predicted octanol–water partition coefficient (Wildman–Crippen LogP) is 3.38. The summed E-state index contributed by atoms with van der Waals surface area (Å²) in [6.45, 7) is 0.578. The summed E-state index contributed by atoms with van der Waals surface area (Å²) >= 11 is 6.51. The van der Waals surface area contributed by atoms with Crippen LogP contribution in [-0.2, 0) is 6.54 Å². The first-order valence-electron chi connectivity index (χ1n) is 7.43. The third kappa shape index (κ3) is 2.64. The van der Waals surface area contributed by atoms with E-state index in [2.05, 4.69) is 20.4 Å². The molecule has 1 N–H and O–H groups in total. The molecule has 3 aromatic rings. The van der Waals surface area contributed by atoms with E-state index in [9.17, 15) is 0 Å². The molecular formula is C16H16ClN5. The van der Waals surface area contributed by atoms with E-state index in [0.29, 0.717) is 12.6 Å². The molecule has 1 unspecified atom stereocenters. The molecule has 1 aliphatic carbocycles. The molecule has 1 saturated carbocycles. The lowest BCUT2D eigenvalue weighted by Crippen LogP contribution is -2.08. The van der Waals surface area contributed by atoms with E-state index in [1.165, 1.54) is 12.8 Å². The summed E-state index contributed by atoms with van der Waals surface area (Å²) in [5, 5.41) is 8.67. The monoisotopic (exact) mass is 313 g/mol. The van der Waals surface area contributed by atoms with Gasteiger partial charge in [0.2, 0.25) is 0 Å². The second-order valence-corrected chi connectivity index (χ2v) is 6.11. The lowest BCUT2D eigenvalue weighted by molar-refractivity contribution is 0.615. The van der Waals surface area contributed by atoms with Crippen LogP contribution in [0.3, 0.4) is 0 Å². The third-order valence-electron chi connectivity index (χ3n) is 3.85. The fourth-order valence-electron chi connectivity index (χ4n) is 2.48.